The van der Waals surface area contributed by atoms with E-state index >= 15 is 0 Å². The van der Waals surface area contributed by atoms with E-state index in [4.69, 9.17) is 15.3 Å². The average Bonchev–Trinajstić information content (AvgIpc) is 2.11. The topological polar surface area (TPSA) is 107 Å². The molecule has 4 N–H and O–H groups in total. The summed E-state index contributed by atoms with van der Waals surface area (Å²) < 4.78 is 0. The van der Waals surface area contributed by atoms with E-state index in [-0.39, 0.29) is 5.32 Å². The van der Waals surface area contributed by atoms with E-state index in [0.717, 1.165) is 0 Å². The van der Waals surface area contributed by atoms with Gasteiger partial charge in [0.2, 0.25) is 0 Å². The van der Waals surface area contributed by atoms with Gasteiger partial charge in [0.1, 0.15) is 0 Å². The molecule has 0 aromatic rings. The van der Waals surface area contributed by atoms with E-state index in [1.165, 1.54) is 0 Å². The van der Waals surface area contributed by atoms with Crippen LogP contribution in [0.2, 0.25) is 5.32 Å². The third-order valence-electron chi connectivity index (χ3n) is 1.27. The zero-order valence-corrected chi connectivity index (χ0v) is 8.55. The molecule has 0 saturated heterocycles. The van der Waals surface area contributed by atoms with Gasteiger partial charge in [-0.05, 0) is 0 Å². The van der Waals surface area contributed by atoms with E-state index in [1.54, 1.807) is 0 Å². The summed E-state index contributed by atoms with van der Waals surface area (Å²) in [6.45, 7) is -0.725. The van der Waals surface area contributed by atoms with Crippen molar-refractivity contribution in [2.45, 2.75) is 17.5 Å². The van der Waals surface area contributed by atoms with Crippen LogP contribution in [-0.2, 0) is 9.59 Å². The number of aliphatic hydroxyl groups is 2. The van der Waals surface area contributed by atoms with Crippen molar-refractivity contribution in [2.24, 2.45) is 0 Å². The summed E-state index contributed by atoms with van der Waals surface area (Å²) in [4.78, 5) is 21.3. The van der Waals surface area contributed by atoms with Gasteiger partial charge >= 0.3 is 82.2 Å². The van der Waals surface area contributed by atoms with Crippen LogP contribution < -0.4 is 5.32 Å². The molecular formula is C6H11NO5Se. The fourth-order valence-corrected chi connectivity index (χ4v) is 1.06. The van der Waals surface area contributed by atoms with Crippen molar-refractivity contribution in [3.63, 3.8) is 0 Å². The zero-order valence-electron chi connectivity index (χ0n) is 6.67. The number of rotatable bonds is 5. The first-order valence-electron chi connectivity index (χ1n) is 3.46. The number of carbonyl (C=O) groups is 2. The molecule has 0 aliphatic rings. The van der Waals surface area contributed by atoms with E-state index < -0.39 is 30.6 Å². The minimum absolute atomic E-state index is 0.159. The summed E-state index contributed by atoms with van der Waals surface area (Å²) in [5.41, 5.74) is 0. The van der Waals surface area contributed by atoms with Gasteiger partial charge in [0.05, 0.1) is 0 Å². The first-order valence-corrected chi connectivity index (χ1v) is 4.78. The average molecular weight is 256 g/mol. The third kappa shape index (κ3) is 4.23. The van der Waals surface area contributed by atoms with Gasteiger partial charge < -0.3 is 0 Å². The second-order valence-electron chi connectivity index (χ2n) is 2.28. The Kier molecular flexibility index (Phi) is 5.65. The standard InChI is InChI=1S/C6H11NO5Se/c8-1-4(9)5(10)7-3(2-13)6(11)12/h3-4,8-9,13H,1-2H2,(H,7,10)(H,11,12)/t3-,4?/m0/s1. The van der Waals surface area contributed by atoms with E-state index in [2.05, 4.69) is 5.32 Å². The summed E-state index contributed by atoms with van der Waals surface area (Å²) in [6.07, 6.45) is -1.57. The molecule has 1 amide bonds. The van der Waals surface area contributed by atoms with Crippen LogP contribution in [-0.4, -0.2) is 62.0 Å². The van der Waals surface area contributed by atoms with Crippen molar-refractivity contribution in [1.82, 2.24) is 5.32 Å². The van der Waals surface area contributed by atoms with Gasteiger partial charge in [-0.25, -0.2) is 0 Å². The fourth-order valence-electron chi connectivity index (χ4n) is 0.536. The molecule has 0 fully saturated rings. The number of carbonyl (C=O) groups excluding carboxylic acids is 1. The van der Waals surface area contributed by atoms with Crippen LogP contribution in [0, 0.1) is 0 Å². The number of hydrogen-bond acceptors (Lipinski definition) is 4. The normalized spacial score (nSPS) is 14.7. The first kappa shape index (κ1) is 12.4. The van der Waals surface area contributed by atoms with Gasteiger partial charge in [-0.3, -0.25) is 0 Å². The van der Waals surface area contributed by atoms with Gasteiger partial charge in [-0.1, -0.05) is 0 Å². The van der Waals surface area contributed by atoms with Crippen LogP contribution in [0.25, 0.3) is 0 Å². The molecule has 6 nitrogen and oxygen atoms in total. The van der Waals surface area contributed by atoms with Crippen molar-refractivity contribution in [2.75, 3.05) is 6.61 Å². The molecule has 0 aliphatic carbocycles. The first-order chi connectivity index (χ1) is 6.02. The van der Waals surface area contributed by atoms with E-state index in [0.29, 0.717) is 0 Å². The number of amides is 1. The molecule has 76 valence electrons. The molecule has 0 spiro atoms. The molecule has 0 bridgehead atoms. The predicted molar refractivity (Wildman–Crippen MR) is 44.6 cm³/mol. The Morgan fingerprint density at radius 3 is 2.31 bits per heavy atom. The van der Waals surface area contributed by atoms with Crippen LogP contribution in [0.3, 0.4) is 0 Å². The fraction of sp³-hybridized carbons (Fsp3) is 0.667. The molecule has 0 aromatic carbocycles. The van der Waals surface area contributed by atoms with Crippen molar-refractivity contribution < 1.29 is 24.9 Å². The maximum absolute atomic E-state index is 10.9. The summed E-state index contributed by atoms with van der Waals surface area (Å²) in [5, 5.41) is 27.9. The summed E-state index contributed by atoms with van der Waals surface area (Å²) in [6, 6.07) is -1.05. The maximum atomic E-state index is 10.9. The predicted octanol–water partition coefficient (Wildman–Crippen LogP) is -2.77. The minimum atomic E-state index is -1.57. The number of hydrogen-bond donors (Lipinski definition) is 4. The number of nitrogens with one attached hydrogen (secondary N) is 1. The molecule has 0 aromatic heterocycles. The van der Waals surface area contributed by atoms with Gasteiger partial charge in [0.15, 0.2) is 0 Å². The number of aliphatic carboxylic acids is 1. The molecule has 7 heteroatoms. The van der Waals surface area contributed by atoms with Crippen LogP contribution in [0.15, 0.2) is 0 Å². The van der Waals surface area contributed by atoms with Crippen LogP contribution in [0.5, 0.6) is 0 Å². The molecule has 0 saturated carbocycles. The Balaban J connectivity index is 4.09. The molecule has 0 rings (SSSR count). The number of carboxylic acids is 1. The number of carboxylic acid groups (broad SMARTS) is 1. The third-order valence-corrected chi connectivity index (χ3v) is 2.04. The van der Waals surface area contributed by atoms with Crippen LogP contribution in [0.1, 0.15) is 0 Å². The monoisotopic (exact) mass is 257 g/mol. The summed E-state index contributed by atoms with van der Waals surface area (Å²) in [5.74, 6) is -2.07. The molecule has 13 heavy (non-hydrogen) atoms. The van der Waals surface area contributed by atoms with Crippen molar-refractivity contribution >= 4 is 27.9 Å². The van der Waals surface area contributed by atoms with Crippen molar-refractivity contribution in [3.8, 4) is 0 Å². The van der Waals surface area contributed by atoms with E-state index in [1.807, 2.05) is 16.0 Å². The number of aliphatic hydroxyl groups excluding tert-OH is 2. The Morgan fingerprint density at radius 2 is 2.00 bits per heavy atom. The van der Waals surface area contributed by atoms with Gasteiger partial charge in [0.25, 0.3) is 0 Å². The SMILES string of the molecule is O=C(N[C@@H](C[SeH])C(=O)O)C(O)CO. The second-order valence-corrected chi connectivity index (χ2v) is 3.05. The zero-order chi connectivity index (χ0) is 10.4. The Morgan fingerprint density at radius 1 is 1.46 bits per heavy atom. The summed E-state index contributed by atoms with van der Waals surface area (Å²) >= 11 is 2.02. The summed E-state index contributed by atoms with van der Waals surface area (Å²) in [7, 11) is 0. The van der Waals surface area contributed by atoms with E-state index in [9.17, 15) is 9.59 Å². The second kappa shape index (κ2) is 5.93. The van der Waals surface area contributed by atoms with Gasteiger partial charge in [0, 0.05) is 0 Å². The molecular weight excluding hydrogens is 245 g/mol. The van der Waals surface area contributed by atoms with Crippen molar-refractivity contribution in [1.29, 1.82) is 0 Å². The Bertz CT molecular complexity index is 197. The van der Waals surface area contributed by atoms with Crippen molar-refractivity contribution in [3.05, 3.63) is 0 Å². The van der Waals surface area contributed by atoms with Gasteiger partial charge in [-0.15, -0.1) is 0 Å². The molecule has 0 heterocycles. The van der Waals surface area contributed by atoms with Gasteiger partial charge in [-0.2, -0.15) is 0 Å². The Hall–Kier alpha value is -0.621. The quantitative estimate of drug-likeness (QED) is 0.398. The van der Waals surface area contributed by atoms with Crippen LogP contribution >= 0.6 is 0 Å². The molecule has 2 atom stereocenters. The van der Waals surface area contributed by atoms with Crippen LogP contribution in [0.4, 0.5) is 0 Å². The molecule has 0 aliphatic heterocycles. The Labute approximate surface area is 82.8 Å². The molecule has 0 radical (unpaired) electrons. The molecule has 1 unspecified atom stereocenters.